The lowest BCUT2D eigenvalue weighted by molar-refractivity contribution is -0.132. The summed E-state index contributed by atoms with van der Waals surface area (Å²) in [4.78, 5) is 28.2. The average molecular weight is 530 g/mol. The van der Waals surface area contributed by atoms with Crippen molar-refractivity contribution >= 4 is 23.1 Å². The molecule has 0 aromatic heterocycles. The molecule has 39 heavy (non-hydrogen) atoms. The van der Waals surface area contributed by atoms with Crippen molar-refractivity contribution < 1.29 is 28.9 Å². The van der Waals surface area contributed by atoms with Crippen LogP contribution in [0.15, 0.2) is 78.4 Å². The Balaban J connectivity index is 1.74. The predicted molar refractivity (Wildman–Crippen MR) is 151 cm³/mol. The van der Waals surface area contributed by atoms with E-state index >= 15 is 0 Å². The van der Waals surface area contributed by atoms with Crippen molar-refractivity contribution in [1.29, 1.82) is 0 Å². The fourth-order valence-corrected chi connectivity index (χ4v) is 4.60. The smallest absolute Gasteiger partial charge is 0.300 e. The highest BCUT2D eigenvalue weighted by molar-refractivity contribution is 6.51. The number of unbranched alkanes of at least 4 members (excludes halogenated alkanes) is 2. The van der Waals surface area contributed by atoms with Crippen LogP contribution in [0.2, 0.25) is 0 Å². The number of ether oxygens (including phenoxy) is 3. The molecule has 3 aromatic carbocycles. The molecule has 0 saturated carbocycles. The van der Waals surface area contributed by atoms with Crippen molar-refractivity contribution in [2.24, 2.45) is 0 Å². The molecule has 1 unspecified atom stereocenters. The molecule has 1 heterocycles. The maximum absolute atomic E-state index is 13.4. The zero-order chi connectivity index (χ0) is 27.8. The van der Waals surface area contributed by atoms with Gasteiger partial charge >= 0.3 is 0 Å². The molecule has 204 valence electrons. The number of anilines is 1. The van der Waals surface area contributed by atoms with E-state index in [1.165, 1.54) is 4.90 Å². The van der Waals surface area contributed by atoms with Crippen LogP contribution in [-0.4, -0.2) is 36.6 Å². The Labute approximate surface area is 229 Å². The number of hydrogen-bond acceptors (Lipinski definition) is 6. The van der Waals surface area contributed by atoms with E-state index in [1.807, 2.05) is 26.0 Å². The van der Waals surface area contributed by atoms with Crippen LogP contribution in [-0.2, 0) is 9.59 Å². The van der Waals surface area contributed by atoms with Gasteiger partial charge in [0.05, 0.1) is 31.4 Å². The molecule has 0 bridgehead atoms. The van der Waals surface area contributed by atoms with Crippen LogP contribution in [0, 0.1) is 0 Å². The van der Waals surface area contributed by atoms with Crippen molar-refractivity contribution in [2.45, 2.75) is 46.1 Å². The molecule has 1 aliphatic rings. The van der Waals surface area contributed by atoms with E-state index in [-0.39, 0.29) is 11.3 Å². The number of carbonyl (C=O) groups is 2. The number of aliphatic hydroxyl groups is 1. The number of rotatable bonds is 12. The molecule has 1 amide bonds. The van der Waals surface area contributed by atoms with E-state index in [0.717, 1.165) is 19.3 Å². The monoisotopic (exact) mass is 529 g/mol. The van der Waals surface area contributed by atoms with Gasteiger partial charge in [-0.2, -0.15) is 0 Å². The summed E-state index contributed by atoms with van der Waals surface area (Å²) in [6.45, 7) is 7.57. The second kappa shape index (κ2) is 13.0. The van der Waals surface area contributed by atoms with Gasteiger partial charge in [0.15, 0.2) is 0 Å². The minimum Gasteiger partial charge on any atom is -0.507 e. The van der Waals surface area contributed by atoms with Crippen LogP contribution in [0.3, 0.4) is 0 Å². The van der Waals surface area contributed by atoms with Gasteiger partial charge in [0.1, 0.15) is 23.0 Å². The first kappa shape index (κ1) is 27.8. The fraction of sp³-hybridized carbons (Fsp3) is 0.312. The number of ketones is 1. The van der Waals surface area contributed by atoms with E-state index in [2.05, 4.69) is 6.92 Å². The topological polar surface area (TPSA) is 85.3 Å². The highest BCUT2D eigenvalue weighted by atomic mass is 16.5. The molecule has 4 rings (SSSR count). The SMILES string of the molecule is CCCCCOc1ccc(/C(O)=C2\C(=O)C(=O)N(c3ccc(OCC)cc3)C2c2ccc(OCC)cc2)cc1. The third kappa shape index (κ3) is 6.25. The lowest BCUT2D eigenvalue weighted by atomic mass is 9.95. The zero-order valence-corrected chi connectivity index (χ0v) is 22.7. The van der Waals surface area contributed by atoms with Crippen LogP contribution in [0.5, 0.6) is 17.2 Å². The molecule has 0 aliphatic carbocycles. The molecular weight excluding hydrogens is 494 g/mol. The van der Waals surface area contributed by atoms with Crippen molar-refractivity contribution in [2.75, 3.05) is 24.7 Å². The molecule has 7 heteroatoms. The van der Waals surface area contributed by atoms with Crippen molar-refractivity contribution in [3.63, 3.8) is 0 Å². The predicted octanol–water partition coefficient (Wildman–Crippen LogP) is 6.68. The van der Waals surface area contributed by atoms with Crippen LogP contribution >= 0.6 is 0 Å². The molecular formula is C32H35NO6. The quantitative estimate of drug-likeness (QED) is 0.122. The summed E-state index contributed by atoms with van der Waals surface area (Å²) in [6.07, 6.45) is 3.17. The zero-order valence-electron chi connectivity index (χ0n) is 22.7. The summed E-state index contributed by atoms with van der Waals surface area (Å²) in [5, 5.41) is 11.4. The van der Waals surface area contributed by atoms with Crippen LogP contribution < -0.4 is 19.1 Å². The van der Waals surface area contributed by atoms with Crippen molar-refractivity contribution in [1.82, 2.24) is 0 Å². The normalized spacial score (nSPS) is 16.4. The molecule has 3 aromatic rings. The molecule has 1 fully saturated rings. The van der Waals surface area contributed by atoms with E-state index in [1.54, 1.807) is 60.7 Å². The molecule has 1 aliphatic heterocycles. The third-order valence-corrected chi connectivity index (χ3v) is 6.52. The summed E-state index contributed by atoms with van der Waals surface area (Å²) in [6, 6.07) is 20.3. The summed E-state index contributed by atoms with van der Waals surface area (Å²) >= 11 is 0. The molecule has 1 atom stereocenters. The third-order valence-electron chi connectivity index (χ3n) is 6.52. The maximum Gasteiger partial charge on any atom is 0.300 e. The highest BCUT2D eigenvalue weighted by Gasteiger charge is 2.47. The van der Waals surface area contributed by atoms with Gasteiger partial charge in [-0.05, 0) is 86.5 Å². The Kier molecular flexibility index (Phi) is 9.26. The van der Waals surface area contributed by atoms with E-state index in [0.29, 0.717) is 53.9 Å². The number of hydrogen-bond donors (Lipinski definition) is 1. The Hall–Kier alpha value is -4.26. The second-order valence-corrected chi connectivity index (χ2v) is 9.18. The molecule has 0 radical (unpaired) electrons. The minimum atomic E-state index is -0.830. The van der Waals surface area contributed by atoms with Crippen LogP contribution in [0.1, 0.15) is 57.2 Å². The standard InChI is InChI=1S/C32H35NO6/c1-4-7-8-21-39-27-17-11-23(12-18-27)30(34)28-29(22-9-15-25(16-10-22)37-5-2)33(32(36)31(28)35)24-13-19-26(20-14-24)38-6-3/h9-20,29,34H,4-8,21H2,1-3H3/b30-28+. The van der Waals surface area contributed by atoms with Gasteiger partial charge in [0.25, 0.3) is 11.7 Å². The van der Waals surface area contributed by atoms with Gasteiger partial charge in [-0.3, -0.25) is 14.5 Å². The molecule has 7 nitrogen and oxygen atoms in total. The van der Waals surface area contributed by atoms with Gasteiger partial charge in [0, 0.05) is 11.3 Å². The Morgan fingerprint density at radius 1 is 0.744 bits per heavy atom. The number of Topliss-reactive ketones (excluding diaryl/α,β-unsaturated/α-hetero) is 1. The summed E-state index contributed by atoms with van der Waals surface area (Å²) in [7, 11) is 0. The van der Waals surface area contributed by atoms with Gasteiger partial charge in [-0.1, -0.05) is 31.9 Å². The lowest BCUT2D eigenvalue weighted by Gasteiger charge is -2.25. The van der Waals surface area contributed by atoms with E-state index < -0.39 is 17.7 Å². The summed E-state index contributed by atoms with van der Waals surface area (Å²) in [5.41, 5.74) is 1.64. The summed E-state index contributed by atoms with van der Waals surface area (Å²) in [5.74, 6) is 0.315. The van der Waals surface area contributed by atoms with Gasteiger partial charge in [-0.25, -0.2) is 0 Å². The van der Waals surface area contributed by atoms with Crippen LogP contribution in [0.4, 0.5) is 5.69 Å². The van der Waals surface area contributed by atoms with E-state index in [9.17, 15) is 14.7 Å². The molecule has 1 saturated heterocycles. The Morgan fingerprint density at radius 2 is 1.28 bits per heavy atom. The first-order valence-electron chi connectivity index (χ1n) is 13.5. The first-order chi connectivity index (χ1) is 19.0. The Morgan fingerprint density at radius 3 is 1.85 bits per heavy atom. The highest BCUT2D eigenvalue weighted by Crippen LogP contribution is 2.43. The second-order valence-electron chi connectivity index (χ2n) is 9.18. The number of amides is 1. The van der Waals surface area contributed by atoms with Gasteiger partial charge in [0.2, 0.25) is 0 Å². The minimum absolute atomic E-state index is 0.0228. The fourth-order valence-electron chi connectivity index (χ4n) is 4.60. The number of carbonyl (C=O) groups excluding carboxylic acids is 2. The van der Waals surface area contributed by atoms with Gasteiger partial charge < -0.3 is 19.3 Å². The molecule has 1 N–H and O–H groups in total. The summed E-state index contributed by atoms with van der Waals surface area (Å²) < 4.78 is 16.9. The van der Waals surface area contributed by atoms with Crippen LogP contribution in [0.25, 0.3) is 5.76 Å². The Bertz CT molecular complexity index is 1300. The number of nitrogens with zero attached hydrogens (tertiary/aromatic N) is 1. The largest absolute Gasteiger partial charge is 0.507 e. The molecule has 0 spiro atoms. The first-order valence-corrected chi connectivity index (χ1v) is 13.5. The number of benzene rings is 3. The van der Waals surface area contributed by atoms with E-state index in [4.69, 9.17) is 14.2 Å². The van der Waals surface area contributed by atoms with Crippen molar-refractivity contribution in [3.8, 4) is 17.2 Å². The van der Waals surface area contributed by atoms with Crippen molar-refractivity contribution in [3.05, 3.63) is 89.5 Å². The average Bonchev–Trinajstić information content (AvgIpc) is 3.22. The number of aliphatic hydroxyl groups excluding tert-OH is 1. The maximum atomic E-state index is 13.4. The van der Waals surface area contributed by atoms with Gasteiger partial charge in [-0.15, -0.1) is 0 Å². The lowest BCUT2D eigenvalue weighted by Crippen LogP contribution is -2.29.